The van der Waals surface area contributed by atoms with Crippen LogP contribution in [0.2, 0.25) is 0 Å². The van der Waals surface area contributed by atoms with Crippen molar-refractivity contribution >= 4 is 17.7 Å². The van der Waals surface area contributed by atoms with E-state index in [0.29, 0.717) is 25.9 Å². The number of carbonyl (C=O) groups is 2. The maximum atomic E-state index is 11.9. The number of nitrogens with zero attached hydrogens (tertiary/aromatic N) is 3. The highest BCUT2D eigenvalue weighted by Crippen LogP contribution is 2.12. The first-order valence-corrected chi connectivity index (χ1v) is 7.91. The molecule has 2 heterocycles. The molecular weight excluding hydrogens is 296 g/mol. The van der Waals surface area contributed by atoms with Crippen molar-refractivity contribution in [1.29, 1.82) is 0 Å². The zero-order valence-electron chi connectivity index (χ0n) is 13.5. The summed E-state index contributed by atoms with van der Waals surface area (Å²) in [5.41, 5.74) is 0. The Morgan fingerprint density at radius 3 is 2.70 bits per heavy atom. The number of esters is 1. The maximum absolute atomic E-state index is 11.9. The van der Waals surface area contributed by atoms with Crippen molar-refractivity contribution in [2.75, 3.05) is 51.3 Å². The Kier molecular flexibility index (Phi) is 6.80. The van der Waals surface area contributed by atoms with E-state index >= 15 is 0 Å². The molecule has 0 bridgehead atoms. The molecule has 1 fully saturated rings. The zero-order chi connectivity index (χ0) is 16.5. The lowest BCUT2D eigenvalue weighted by Crippen LogP contribution is -2.49. The number of amides is 1. The Morgan fingerprint density at radius 2 is 2.04 bits per heavy atom. The molecule has 1 amide bonds. The zero-order valence-corrected chi connectivity index (χ0v) is 13.5. The predicted octanol–water partition coefficient (Wildman–Crippen LogP) is 0.273. The van der Waals surface area contributed by atoms with Crippen molar-refractivity contribution in [3.8, 4) is 0 Å². The second kappa shape index (κ2) is 9.09. The topological polar surface area (TPSA) is 74.8 Å². The minimum atomic E-state index is -0.245. The summed E-state index contributed by atoms with van der Waals surface area (Å²) >= 11 is 0. The number of ether oxygens (including phenoxy) is 1. The van der Waals surface area contributed by atoms with E-state index in [4.69, 9.17) is 0 Å². The monoisotopic (exact) mass is 320 g/mol. The number of pyridine rings is 1. The van der Waals surface area contributed by atoms with Gasteiger partial charge in [-0.3, -0.25) is 14.5 Å². The van der Waals surface area contributed by atoms with E-state index in [9.17, 15) is 9.59 Å². The van der Waals surface area contributed by atoms with Crippen LogP contribution in [0, 0.1) is 0 Å². The van der Waals surface area contributed by atoms with Gasteiger partial charge < -0.3 is 15.0 Å². The highest BCUT2D eigenvalue weighted by Gasteiger charge is 2.19. The molecule has 0 aromatic carbocycles. The second-order valence-electron chi connectivity index (χ2n) is 5.48. The quantitative estimate of drug-likeness (QED) is 0.574. The van der Waals surface area contributed by atoms with Gasteiger partial charge >= 0.3 is 5.97 Å². The van der Waals surface area contributed by atoms with Crippen LogP contribution in [-0.4, -0.2) is 68.1 Å². The predicted molar refractivity (Wildman–Crippen MR) is 87.1 cm³/mol. The van der Waals surface area contributed by atoms with Crippen LogP contribution < -0.4 is 10.2 Å². The van der Waals surface area contributed by atoms with E-state index in [0.717, 1.165) is 32.0 Å². The first kappa shape index (κ1) is 17.2. The van der Waals surface area contributed by atoms with Crippen LogP contribution >= 0.6 is 0 Å². The van der Waals surface area contributed by atoms with Crippen LogP contribution in [-0.2, 0) is 14.3 Å². The van der Waals surface area contributed by atoms with Crippen molar-refractivity contribution in [1.82, 2.24) is 15.2 Å². The average molecular weight is 320 g/mol. The van der Waals surface area contributed by atoms with Crippen LogP contribution in [0.1, 0.15) is 12.8 Å². The number of hydrogen-bond donors (Lipinski definition) is 1. The molecule has 1 saturated heterocycles. The van der Waals surface area contributed by atoms with Crippen LogP contribution in [0.4, 0.5) is 5.82 Å². The van der Waals surface area contributed by atoms with E-state index < -0.39 is 0 Å². The Morgan fingerprint density at radius 1 is 1.26 bits per heavy atom. The fourth-order valence-corrected chi connectivity index (χ4v) is 2.50. The number of methoxy groups -OCH3 is 1. The van der Waals surface area contributed by atoms with Crippen molar-refractivity contribution in [2.24, 2.45) is 0 Å². The van der Waals surface area contributed by atoms with Gasteiger partial charge in [-0.05, 0) is 18.6 Å². The van der Waals surface area contributed by atoms with Crippen LogP contribution in [0.25, 0.3) is 0 Å². The minimum absolute atomic E-state index is 0.00107. The van der Waals surface area contributed by atoms with Gasteiger partial charge in [-0.2, -0.15) is 0 Å². The van der Waals surface area contributed by atoms with Gasteiger partial charge in [0.1, 0.15) is 5.82 Å². The average Bonchev–Trinajstić information content (AvgIpc) is 2.60. The summed E-state index contributed by atoms with van der Waals surface area (Å²) in [4.78, 5) is 31.6. The summed E-state index contributed by atoms with van der Waals surface area (Å²) in [5.74, 6) is 0.741. The summed E-state index contributed by atoms with van der Waals surface area (Å²) in [7, 11) is 1.37. The van der Waals surface area contributed by atoms with Crippen molar-refractivity contribution < 1.29 is 14.3 Å². The Hall–Kier alpha value is -2.15. The molecular formula is C16H24N4O3. The number of anilines is 1. The van der Waals surface area contributed by atoms with Gasteiger partial charge in [0.15, 0.2) is 0 Å². The van der Waals surface area contributed by atoms with Crippen molar-refractivity contribution in [3.05, 3.63) is 24.4 Å². The van der Waals surface area contributed by atoms with Crippen LogP contribution in [0.15, 0.2) is 24.4 Å². The lowest BCUT2D eigenvalue weighted by Gasteiger charge is -2.34. The van der Waals surface area contributed by atoms with E-state index in [1.54, 1.807) is 6.20 Å². The maximum Gasteiger partial charge on any atom is 0.305 e. The largest absolute Gasteiger partial charge is 0.469 e. The standard InChI is InChI=1S/C16H24N4O3/c1-23-16(22)6-4-8-18-15(21)13-19-9-11-20(12-10-19)14-5-2-3-7-17-14/h2-3,5,7H,4,6,8-13H2,1H3,(H,18,21). The SMILES string of the molecule is COC(=O)CCCNC(=O)CN1CCN(c2ccccn2)CC1. The number of piperazine rings is 1. The third-order valence-corrected chi connectivity index (χ3v) is 3.82. The van der Waals surface area contributed by atoms with Gasteiger partial charge in [-0.15, -0.1) is 0 Å². The van der Waals surface area contributed by atoms with E-state index in [1.165, 1.54) is 7.11 Å². The third-order valence-electron chi connectivity index (χ3n) is 3.82. The molecule has 0 unspecified atom stereocenters. The number of hydrogen-bond acceptors (Lipinski definition) is 6. The lowest BCUT2D eigenvalue weighted by molar-refractivity contribution is -0.140. The Bertz CT molecular complexity index is 501. The van der Waals surface area contributed by atoms with Crippen molar-refractivity contribution in [2.45, 2.75) is 12.8 Å². The van der Waals surface area contributed by atoms with Gasteiger partial charge in [-0.1, -0.05) is 6.07 Å². The van der Waals surface area contributed by atoms with E-state index in [1.807, 2.05) is 18.2 Å². The van der Waals surface area contributed by atoms with Gasteiger partial charge in [0.2, 0.25) is 5.91 Å². The molecule has 0 spiro atoms. The van der Waals surface area contributed by atoms with Crippen molar-refractivity contribution in [3.63, 3.8) is 0 Å². The smallest absolute Gasteiger partial charge is 0.305 e. The molecule has 2 rings (SSSR count). The van der Waals surface area contributed by atoms with Gasteiger partial charge in [-0.25, -0.2) is 4.98 Å². The molecule has 7 nitrogen and oxygen atoms in total. The molecule has 7 heteroatoms. The van der Waals surface area contributed by atoms with Gasteiger partial charge in [0.05, 0.1) is 13.7 Å². The molecule has 126 valence electrons. The molecule has 1 aliphatic rings. The second-order valence-corrected chi connectivity index (χ2v) is 5.48. The van der Waals surface area contributed by atoms with Crippen LogP contribution in [0.5, 0.6) is 0 Å². The third kappa shape index (κ3) is 5.86. The Balaban J connectivity index is 1.62. The molecule has 1 N–H and O–H groups in total. The molecule has 0 saturated carbocycles. The molecule has 1 aromatic heterocycles. The molecule has 23 heavy (non-hydrogen) atoms. The summed E-state index contributed by atoms with van der Waals surface area (Å²) in [6, 6.07) is 5.89. The molecule has 0 aliphatic carbocycles. The van der Waals surface area contributed by atoms with Gasteiger partial charge in [0.25, 0.3) is 0 Å². The number of aromatic nitrogens is 1. The normalized spacial score (nSPS) is 15.3. The summed E-state index contributed by atoms with van der Waals surface area (Å²) in [5, 5.41) is 2.84. The fourth-order valence-electron chi connectivity index (χ4n) is 2.50. The minimum Gasteiger partial charge on any atom is -0.469 e. The van der Waals surface area contributed by atoms with Crippen LogP contribution in [0.3, 0.4) is 0 Å². The summed E-state index contributed by atoms with van der Waals surface area (Å²) < 4.78 is 4.56. The number of nitrogens with one attached hydrogen (secondary N) is 1. The highest BCUT2D eigenvalue weighted by atomic mass is 16.5. The first-order valence-electron chi connectivity index (χ1n) is 7.91. The van der Waals surface area contributed by atoms with E-state index in [2.05, 4.69) is 24.8 Å². The molecule has 1 aromatic rings. The fraction of sp³-hybridized carbons (Fsp3) is 0.562. The van der Waals surface area contributed by atoms with E-state index in [-0.39, 0.29) is 11.9 Å². The summed E-state index contributed by atoms with van der Waals surface area (Å²) in [6.07, 6.45) is 2.73. The lowest BCUT2D eigenvalue weighted by atomic mass is 10.3. The number of rotatable bonds is 7. The molecule has 1 aliphatic heterocycles. The van der Waals surface area contributed by atoms with Gasteiger partial charge in [0, 0.05) is 45.3 Å². The highest BCUT2D eigenvalue weighted by molar-refractivity contribution is 5.78. The number of carbonyl (C=O) groups excluding carboxylic acids is 2. The molecule has 0 atom stereocenters. The first-order chi connectivity index (χ1) is 11.2. The molecule has 0 radical (unpaired) electrons. The summed E-state index contributed by atoms with van der Waals surface area (Å²) in [6.45, 7) is 4.31. The Labute approximate surface area is 136 Å².